The minimum absolute atomic E-state index is 0. The second kappa shape index (κ2) is 10.9. The Morgan fingerprint density at radius 2 is 1.56 bits per heavy atom. The van der Waals surface area contributed by atoms with E-state index in [9.17, 15) is 0 Å². The molecule has 0 bridgehead atoms. The second-order valence-electron chi connectivity index (χ2n) is 7.50. The van der Waals surface area contributed by atoms with Gasteiger partial charge in [-0.1, -0.05) is 37.6 Å². The van der Waals surface area contributed by atoms with Gasteiger partial charge in [-0.15, -0.1) is 17.0 Å². The third kappa shape index (κ3) is 6.33. The van der Waals surface area contributed by atoms with E-state index >= 15 is 0 Å². The molecule has 1 heterocycles. The summed E-state index contributed by atoms with van der Waals surface area (Å²) in [6.07, 6.45) is 17.8. The SMILES string of the molecule is Br.CCCCc1ccc(CCCCN2C=CC3=C(CCCC3)C2)cc1. The molecule has 1 nitrogen and oxygen atoms in total. The van der Waals surface area contributed by atoms with Crippen LogP contribution in [0.1, 0.15) is 69.4 Å². The first-order valence-corrected chi connectivity index (χ1v) is 10.1. The fraction of sp³-hybridized carbons (Fsp3) is 0.565. The third-order valence-electron chi connectivity index (χ3n) is 5.51. The van der Waals surface area contributed by atoms with Gasteiger partial charge in [0.25, 0.3) is 0 Å². The summed E-state index contributed by atoms with van der Waals surface area (Å²) >= 11 is 0. The number of nitrogens with zero attached hydrogens (tertiary/aromatic N) is 1. The van der Waals surface area contributed by atoms with Crippen LogP contribution in [0.2, 0.25) is 0 Å². The molecule has 138 valence electrons. The molecular weight excluding hydrogens is 370 g/mol. The number of unbranched alkanes of at least 4 members (excludes halogenated alkanes) is 2. The Bertz CT molecular complexity index is 570. The molecule has 0 unspecified atom stereocenters. The van der Waals surface area contributed by atoms with Crippen molar-refractivity contribution in [1.82, 2.24) is 4.90 Å². The zero-order valence-corrected chi connectivity index (χ0v) is 17.5. The molecule has 1 aliphatic heterocycles. The summed E-state index contributed by atoms with van der Waals surface area (Å²) in [5.74, 6) is 0. The maximum Gasteiger partial charge on any atom is 0.0389 e. The van der Waals surface area contributed by atoms with Crippen molar-refractivity contribution in [2.75, 3.05) is 13.1 Å². The highest BCUT2D eigenvalue weighted by Gasteiger charge is 2.16. The Morgan fingerprint density at radius 3 is 2.28 bits per heavy atom. The highest BCUT2D eigenvalue weighted by molar-refractivity contribution is 8.93. The summed E-state index contributed by atoms with van der Waals surface area (Å²) in [6, 6.07) is 9.33. The standard InChI is InChI=1S/C23H33N.BrH/c1-2-3-8-20-12-14-21(15-13-20)9-6-7-17-24-18-16-22-10-4-5-11-23(22)19-24;/h12-16,18H,2-11,17,19H2,1H3;1H. The fourth-order valence-corrected chi connectivity index (χ4v) is 3.92. The molecule has 0 aromatic heterocycles. The average Bonchev–Trinajstić information content (AvgIpc) is 2.64. The predicted molar refractivity (Wildman–Crippen MR) is 115 cm³/mol. The number of hydrogen-bond acceptors (Lipinski definition) is 1. The molecule has 1 aliphatic carbocycles. The van der Waals surface area contributed by atoms with Gasteiger partial charge in [0.05, 0.1) is 0 Å². The average molecular weight is 404 g/mol. The lowest BCUT2D eigenvalue weighted by Crippen LogP contribution is -2.25. The van der Waals surface area contributed by atoms with E-state index in [-0.39, 0.29) is 17.0 Å². The highest BCUT2D eigenvalue weighted by atomic mass is 79.9. The predicted octanol–water partition coefficient (Wildman–Crippen LogP) is 6.63. The van der Waals surface area contributed by atoms with Crippen molar-refractivity contribution in [1.29, 1.82) is 0 Å². The Morgan fingerprint density at radius 1 is 0.880 bits per heavy atom. The largest absolute Gasteiger partial charge is 0.373 e. The Kier molecular flexibility index (Phi) is 8.81. The third-order valence-corrected chi connectivity index (χ3v) is 5.51. The summed E-state index contributed by atoms with van der Waals surface area (Å²) < 4.78 is 0. The number of halogens is 1. The van der Waals surface area contributed by atoms with Gasteiger partial charge in [-0.05, 0) is 92.3 Å². The summed E-state index contributed by atoms with van der Waals surface area (Å²) in [7, 11) is 0. The van der Waals surface area contributed by atoms with Crippen LogP contribution in [0.4, 0.5) is 0 Å². The molecule has 0 radical (unpaired) electrons. The molecule has 0 amide bonds. The van der Waals surface area contributed by atoms with Crippen molar-refractivity contribution in [3.05, 3.63) is 58.8 Å². The van der Waals surface area contributed by atoms with Crippen LogP contribution >= 0.6 is 17.0 Å². The zero-order chi connectivity index (χ0) is 16.6. The van der Waals surface area contributed by atoms with E-state index in [2.05, 4.69) is 48.4 Å². The van der Waals surface area contributed by atoms with Crippen LogP contribution in [0.15, 0.2) is 47.7 Å². The molecule has 3 rings (SSSR count). The van der Waals surface area contributed by atoms with E-state index in [1.807, 2.05) is 0 Å². The Hall–Kier alpha value is -1.02. The molecule has 0 saturated heterocycles. The number of allylic oxidation sites excluding steroid dienone is 2. The molecule has 0 N–H and O–H groups in total. The lowest BCUT2D eigenvalue weighted by molar-refractivity contribution is 0.376. The molecule has 25 heavy (non-hydrogen) atoms. The van der Waals surface area contributed by atoms with Crippen LogP contribution in [0.3, 0.4) is 0 Å². The molecule has 0 atom stereocenters. The van der Waals surface area contributed by atoms with Gasteiger partial charge in [-0.2, -0.15) is 0 Å². The first kappa shape index (κ1) is 20.3. The van der Waals surface area contributed by atoms with Crippen molar-refractivity contribution < 1.29 is 0 Å². The van der Waals surface area contributed by atoms with Gasteiger partial charge in [0.15, 0.2) is 0 Å². The van der Waals surface area contributed by atoms with Gasteiger partial charge in [-0.25, -0.2) is 0 Å². The molecule has 0 saturated carbocycles. The van der Waals surface area contributed by atoms with E-state index in [0.717, 1.165) is 0 Å². The topological polar surface area (TPSA) is 3.24 Å². The minimum atomic E-state index is 0. The van der Waals surface area contributed by atoms with Crippen molar-refractivity contribution >= 4 is 17.0 Å². The maximum atomic E-state index is 2.53. The van der Waals surface area contributed by atoms with Gasteiger partial charge in [-0.3, -0.25) is 0 Å². The van der Waals surface area contributed by atoms with Gasteiger partial charge in [0.2, 0.25) is 0 Å². The molecule has 1 aromatic rings. The summed E-state index contributed by atoms with van der Waals surface area (Å²) in [6.45, 7) is 4.66. The smallest absolute Gasteiger partial charge is 0.0389 e. The molecule has 2 aliphatic rings. The van der Waals surface area contributed by atoms with E-state index in [0.29, 0.717) is 0 Å². The van der Waals surface area contributed by atoms with Gasteiger partial charge in [0, 0.05) is 13.1 Å². The first-order valence-electron chi connectivity index (χ1n) is 10.1. The van der Waals surface area contributed by atoms with Crippen LogP contribution in [0.5, 0.6) is 0 Å². The molecule has 1 aromatic carbocycles. The fourth-order valence-electron chi connectivity index (χ4n) is 3.92. The zero-order valence-electron chi connectivity index (χ0n) is 15.8. The van der Waals surface area contributed by atoms with Crippen LogP contribution in [-0.4, -0.2) is 18.0 Å². The lowest BCUT2D eigenvalue weighted by Gasteiger charge is -2.30. The Labute approximate surface area is 165 Å². The van der Waals surface area contributed by atoms with Crippen molar-refractivity contribution in [2.24, 2.45) is 0 Å². The molecule has 2 heteroatoms. The lowest BCUT2D eigenvalue weighted by atomic mass is 9.90. The minimum Gasteiger partial charge on any atom is -0.373 e. The molecule has 0 fully saturated rings. The van der Waals surface area contributed by atoms with E-state index in [1.54, 1.807) is 11.1 Å². The van der Waals surface area contributed by atoms with Crippen molar-refractivity contribution in [2.45, 2.75) is 71.1 Å². The highest BCUT2D eigenvalue weighted by Crippen LogP contribution is 2.29. The first-order chi connectivity index (χ1) is 11.8. The van der Waals surface area contributed by atoms with Gasteiger partial charge >= 0.3 is 0 Å². The van der Waals surface area contributed by atoms with Crippen LogP contribution in [0.25, 0.3) is 0 Å². The van der Waals surface area contributed by atoms with Crippen LogP contribution in [-0.2, 0) is 12.8 Å². The second-order valence-corrected chi connectivity index (χ2v) is 7.50. The number of benzene rings is 1. The normalized spacial score (nSPS) is 16.6. The number of aryl methyl sites for hydroxylation is 2. The Balaban J connectivity index is 0.00000225. The van der Waals surface area contributed by atoms with Crippen molar-refractivity contribution in [3.8, 4) is 0 Å². The van der Waals surface area contributed by atoms with Gasteiger partial charge in [0.1, 0.15) is 0 Å². The van der Waals surface area contributed by atoms with E-state index < -0.39 is 0 Å². The summed E-state index contributed by atoms with van der Waals surface area (Å²) in [5.41, 5.74) is 6.35. The van der Waals surface area contributed by atoms with Crippen LogP contribution in [0, 0.1) is 0 Å². The van der Waals surface area contributed by atoms with E-state index in [1.165, 1.54) is 88.4 Å². The number of rotatable bonds is 8. The number of hydrogen-bond donors (Lipinski definition) is 0. The van der Waals surface area contributed by atoms with Gasteiger partial charge < -0.3 is 4.90 Å². The van der Waals surface area contributed by atoms with E-state index in [4.69, 9.17) is 0 Å². The monoisotopic (exact) mass is 403 g/mol. The quantitative estimate of drug-likeness (QED) is 0.440. The van der Waals surface area contributed by atoms with Crippen molar-refractivity contribution in [3.63, 3.8) is 0 Å². The summed E-state index contributed by atoms with van der Waals surface area (Å²) in [5, 5.41) is 0. The van der Waals surface area contributed by atoms with Crippen LogP contribution < -0.4 is 0 Å². The maximum absolute atomic E-state index is 2.53. The summed E-state index contributed by atoms with van der Waals surface area (Å²) in [4.78, 5) is 2.53. The molecule has 0 spiro atoms. The molecular formula is C23H34BrN.